The second kappa shape index (κ2) is 4.37. The number of aromatic nitrogens is 1. The van der Waals surface area contributed by atoms with Crippen molar-refractivity contribution in [3.8, 4) is 6.07 Å². The Balaban J connectivity index is 1.91. The highest BCUT2D eigenvalue weighted by molar-refractivity contribution is 5.65. The Bertz CT molecular complexity index is 651. The lowest BCUT2D eigenvalue weighted by Gasteiger charge is -2.18. The van der Waals surface area contributed by atoms with E-state index >= 15 is 0 Å². The van der Waals surface area contributed by atoms with Gasteiger partial charge in [-0.3, -0.25) is 4.90 Å². The Kier molecular flexibility index (Phi) is 2.81. The highest BCUT2D eigenvalue weighted by Gasteiger charge is 2.31. The van der Waals surface area contributed by atoms with E-state index in [2.05, 4.69) is 11.0 Å². The van der Waals surface area contributed by atoms with Crippen LogP contribution in [-0.4, -0.2) is 33.1 Å². The van der Waals surface area contributed by atoms with Gasteiger partial charge in [0.25, 0.3) is 0 Å². The van der Waals surface area contributed by atoms with Crippen molar-refractivity contribution in [3.63, 3.8) is 0 Å². The largest absolute Gasteiger partial charge is 0.389 e. The van der Waals surface area contributed by atoms with Crippen molar-refractivity contribution in [2.45, 2.75) is 25.5 Å². The summed E-state index contributed by atoms with van der Waals surface area (Å²) in [6, 6.07) is 8.17. The summed E-state index contributed by atoms with van der Waals surface area (Å²) < 4.78 is 1.99. The zero-order valence-electron chi connectivity index (χ0n) is 11.0. The van der Waals surface area contributed by atoms with Gasteiger partial charge in [0, 0.05) is 37.6 Å². The number of rotatable bonds is 2. The van der Waals surface area contributed by atoms with Crippen LogP contribution < -0.4 is 0 Å². The summed E-state index contributed by atoms with van der Waals surface area (Å²) in [6.45, 7) is 4.14. The van der Waals surface area contributed by atoms with Crippen LogP contribution in [0.25, 0.3) is 5.52 Å². The van der Waals surface area contributed by atoms with Crippen LogP contribution >= 0.6 is 0 Å². The number of hydrogen-bond acceptors (Lipinski definition) is 3. The molecule has 1 fully saturated rings. The first-order valence-corrected chi connectivity index (χ1v) is 6.52. The van der Waals surface area contributed by atoms with Crippen LogP contribution in [0.2, 0.25) is 0 Å². The second-order valence-corrected chi connectivity index (χ2v) is 5.59. The van der Waals surface area contributed by atoms with Crippen molar-refractivity contribution in [1.29, 1.82) is 5.26 Å². The van der Waals surface area contributed by atoms with Crippen LogP contribution in [0.3, 0.4) is 0 Å². The van der Waals surface area contributed by atoms with Crippen LogP contribution in [0.5, 0.6) is 0 Å². The molecule has 0 bridgehead atoms. The summed E-state index contributed by atoms with van der Waals surface area (Å²) in [4.78, 5) is 2.20. The topological polar surface area (TPSA) is 51.7 Å². The normalized spacial score (nSPS) is 23.8. The summed E-state index contributed by atoms with van der Waals surface area (Å²) in [5.41, 5.74) is 2.14. The molecule has 1 aliphatic rings. The average molecular weight is 255 g/mol. The molecule has 19 heavy (non-hydrogen) atoms. The van der Waals surface area contributed by atoms with Crippen LogP contribution in [0.15, 0.2) is 30.6 Å². The number of nitrogens with zero attached hydrogens (tertiary/aromatic N) is 3. The van der Waals surface area contributed by atoms with Gasteiger partial charge < -0.3 is 9.51 Å². The summed E-state index contributed by atoms with van der Waals surface area (Å²) in [5, 5.41) is 19.3. The Morgan fingerprint density at radius 2 is 2.32 bits per heavy atom. The molecule has 2 aromatic heterocycles. The van der Waals surface area contributed by atoms with Gasteiger partial charge in [0.2, 0.25) is 0 Å². The van der Waals surface area contributed by atoms with Gasteiger partial charge in [-0.05, 0) is 25.5 Å². The third-order valence-corrected chi connectivity index (χ3v) is 3.80. The molecule has 0 spiro atoms. The molecule has 0 aliphatic carbocycles. The van der Waals surface area contributed by atoms with Gasteiger partial charge in [0.15, 0.2) is 0 Å². The molecular formula is C15H17N3O. The minimum absolute atomic E-state index is 0.591. The minimum Gasteiger partial charge on any atom is -0.389 e. The molecule has 2 aromatic rings. The first kappa shape index (κ1) is 12.2. The Morgan fingerprint density at radius 3 is 3.00 bits per heavy atom. The van der Waals surface area contributed by atoms with E-state index in [0.717, 1.165) is 36.2 Å². The standard InChI is InChI=1S/C15H17N3O/c1-15(19)5-7-17(11-15)9-12-10-18-6-3-2-4-14(18)13(12)8-16/h2-4,6,10,19H,5,7,9,11H2,1H3. The first-order valence-electron chi connectivity index (χ1n) is 6.52. The molecule has 3 rings (SSSR count). The number of hydrogen-bond donors (Lipinski definition) is 1. The maximum atomic E-state index is 10.00. The van der Waals surface area contributed by atoms with Crippen LogP contribution in [0.4, 0.5) is 0 Å². The van der Waals surface area contributed by atoms with Crippen LogP contribution in [-0.2, 0) is 6.54 Å². The lowest BCUT2D eigenvalue weighted by Crippen LogP contribution is -2.29. The van der Waals surface area contributed by atoms with Crippen LogP contribution in [0.1, 0.15) is 24.5 Å². The number of likely N-dealkylation sites (tertiary alicyclic amines) is 1. The fourth-order valence-corrected chi connectivity index (χ4v) is 2.84. The zero-order valence-corrected chi connectivity index (χ0v) is 11.0. The highest BCUT2D eigenvalue weighted by Crippen LogP contribution is 2.25. The molecule has 1 atom stereocenters. The first-order chi connectivity index (χ1) is 9.09. The van der Waals surface area contributed by atoms with Crippen molar-refractivity contribution >= 4 is 5.52 Å². The van der Waals surface area contributed by atoms with E-state index in [-0.39, 0.29) is 0 Å². The van der Waals surface area contributed by atoms with Gasteiger partial charge in [0.05, 0.1) is 16.7 Å². The third kappa shape index (κ3) is 2.23. The highest BCUT2D eigenvalue weighted by atomic mass is 16.3. The number of aliphatic hydroxyl groups is 1. The van der Waals surface area contributed by atoms with Gasteiger partial charge in [-0.2, -0.15) is 5.26 Å². The summed E-state index contributed by atoms with van der Waals surface area (Å²) in [5.74, 6) is 0. The molecule has 0 radical (unpaired) electrons. The lowest BCUT2D eigenvalue weighted by molar-refractivity contribution is 0.0679. The molecule has 4 nitrogen and oxygen atoms in total. The van der Waals surface area contributed by atoms with Crippen molar-refractivity contribution in [3.05, 3.63) is 41.7 Å². The molecular weight excluding hydrogens is 238 g/mol. The van der Waals surface area contributed by atoms with E-state index in [4.69, 9.17) is 0 Å². The lowest BCUT2D eigenvalue weighted by atomic mass is 10.1. The molecule has 0 saturated carbocycles. The fourth-order valence-electron chi connectivity index (χ4n) is 2.84. The predicted molar refractivity (Wildman–Crippen MR) is 72.6 cm³/mol. The molecule has 3 heterocycles. The summed E-state index contributed by atoms with van der Waals surface area (Å²) >= 11 is 0. The quantitative estimate of drug-likeness (QED) is 0.889. The van der Waals surface area contributed by atoms with E-state index in [9.17, 15) is 10.4 Å². The minimum atomic E-state index is -0.591. The SMILES string of the molecule is CC1(O)CCN(Cc2cn3ccccc3c2C#N)C1. The summed E-state index contributed by atoms with van der Waals surface area (Å²) in [7, 11) is 0. The van der Waals surface area contributed by atoms with E-state index in [1.165, 1.54) is 0 Å². The number of pyridine rings is 1. The van der Waals surface area contributed by atoms with Gasteiger partial charge in [-0.15, -0.1) is 0 Å². The Hall–Kier alpha value is -1.83. The van der Waals surface area contributed by atoms with Crippen molar-refractivity contribution in [1.82, 2.24) is 9.30 Å². The van der Waals surface area contributed by atoms with Gasteiger partial charge in [0.1, 0.15) is 6.07 Å². The fraction of sp³-hybridized carbons (Fsp3) is 0.400. The Labute approximate surface area is 112 Å². The summed E-state index contributed by atoms with van der Waals surface area (Å²) in [6.07, 6.45) is 4.77. The smallest absolute Gasteiger partial charge is 0.102 e. The molecule has 4 heteroatoms. The maximum absolute atomic E-state index is 10.00. The van der Waals surface area contributed by atoms with Crippen molar-refractivity contribution in [2.75, 3.05) is 13.1 Å². The number of nitriles is 1. The van der Waals surface area contributed by atoms with E-state index < -0.39 is 5.60 Å². The predicted octanol–water partition coefficient (Wildman–Crippen LogP) is 1.77. The third-order valence-electron chi connectivity index (χ3n) is 3.80. The molecule has 1 aliphatic heterocycles. The monoisotopic (exact) mass is 255 g/mol. The Morgan fingerprint density at radius 1 is 1.47 bits per heavy atom. The molecule has 0 aromatic carbocycles. The van der Waals surface area contributed by atoms with Crippen LogP contribution in [0, 0.1) is 11.3 Å². The van der Waals surface area contributed by atoms with Crippen molar-refractivity contribution < 1.29 is 5.11 Å². The molecule has 98 valence electrons. The van der Waals surface area contributed by atoms with E-state index in [1.54, 1.807) is 0 Å². The molecule has 0 amide bonds. The average Bonchev–Trinajstić information content (AvgIpc) is 2.89. The molecule has 1 N–H and O–H groups in total. The van der Waals surface area contributed by atoms with E-state index in [1.807, 2.05) is 41.9 Å². The maximum Gasteiger partial charge on any atom is 0.102 e. The van der Waals surface area contributed by atoms with Gasteiger partial charge in [-0.25, -0.2) is 0 Å². The number of fused-ring (bicyclic) bond motifs is 1. The van der Waals surface area contributed by atoms with Gasteiger partial charge >= 0.3 is 0 Å². The second-order valence-electron chi connectivity index (χ2n) is 5.59. The number of β-amino-alcohol motifs (C(OH)–C–C–N with tert-alkyl or cyclic N) is 1. The zero-order chi connectivity index (χ0) is 13.5. The van der Waals surface area contributed by atoms with Crippen molar-refractivity contribution in [2.24, 2.45) is 0 Å². The molecule has 1 saturated heterocycles. The van der Waals surface area contributed by atoms with E-state index in [0.29, 0.717) is 6.54 Å². The van der Waals surface area contributed by atoms with Gasteiger partial charge in [-0.1, -0.05) is 6.07 Å². The molecule has 1 unspecified atom stereocenters.